The minimum atomic E-state index is -4.50. The highest BCUT2D eigenvalue weighted by atomic mass is 19.4. The lowest BCUT2D eigenvalue weighted by atomic mass is 10.1. The Bertz CT molecular complexity index is 180. The average molecular weight is 180 g/mol. The molecular formula is C8H11F3O. The Morgan fingerprint density at radius 3 is 2.17 bits per heavy atom. The second-order valence-corrected chi connectivity index (χ2v) is 2.52. The van der Waals surface area contributed by atoms with Crippen LogP contribution in [0.3, 0.4) is 0 Å². The van der Waals surface area contributed by atoms with Crippen LogP contribution in [0.4, 0.5) is 13.2 Å². The van der Waals surface area contributed by atoms with Crippen LogP contribution in [0.15, 0.2) is 0 Å². The van der Waals surface area contributed by atoms with E-state index >= 15 is 0 Å². The summed E-state index contributed by atoms with van der Waals surface area (Å²) in [5, 5.41) is 0. The lowest BCUT2D eigenvalue weighted by molar-refractivity contribution is -0.246. The first-order valence-electron chi connectivity index (χ1n) is 3.56. The van der Waals surface area contributed by atoms with E-state index in [-0.39, 0.29) is 6.61 Å². The molecule has 1 atom stereocenters. The lowest BCUT2D eigenvalue weighted by Gasteiger charge is -2.26. The molecule has 0 aromatic rings. The maximum Gasteiger partial charge on any atom is 0.428 e. The molecule has 4 heteroatoms. The quantitative estimate of drug-likeness (QED) is 0.606. The normalized spacial score (nSPS) is 16.7. The molecule has 0 fully saturated rings. The zero-order valence-electron chi connectivity index (χ0n) is 7.03. The van der Waals surface area contributed by atoms with Crippen LogP contribution in [0.2, 0.25) is 0 Å². The van der Waals surface area contributed by atoms with Crippen molar-refractivity contribution in [3.8, 4) is 12.3 Å². The largest absolute Gasteiger partial charge is 0.428 e. The molecule has 0 aromatic heterocycles. The summed E-state index contributed by atoms with van der Waals surface area (Å²) >= 11 is 0. The van der Waals surface area contributed by atoms with E-state index < -0.39 is 11.8 Å². The number of hydrogen-bond donors (Lipinski definition) is 0. The van der Waals surface area contributed by atoms with Gasteiger partial charge >= 0.3 is 6.18 Å². The van der Waals surface area contributed by atoms with Crippen LogP contribution in [-0.2, 0) is 4.74 Å². The highest BCUT2D eigenvalue weighted by Gasteiger charge is 2.51. The van der Waals surface area contributed by atoms with Crippen LogP contribution in [0.5, 0.6) is 0 Å². The SMILES string of the molecule is C#CC(C)(OCCC)C(F)(F)F. The number of terminal acetylenes is 1. The monoisotopic (exact) mass is 180 g/mol. The second kappa shape index (κ2) is 3.81. The Balaban J connectivity index is 4.38. The van der Waals surface area contributed by atoms with Crippen molar-refractivity contribution >= 4 is 0 Å². The number of alkyl halides is 3. The number of rotatable bonds is 3. The van der Waals surface area contributed by atoms with Gasteiger partial charge in [0.15, 0.2) is 0 Å². The fraction of sp³-hybridized carbons (Fsp3) is 0.750. The summed E-state index contributed by atoms with van der Waals surface area (Å²) in [6.07, 6.45) is 0.743. The molecule has 0 bridgehead atoms. The average Bonchev–Trinajstić information content (AvgIpc) is 1.98. The first-order chi connectivity index (χ1) is 5.37. The Hall–Kier alpha value is -0.690. The van der Waals surface area contributed by atoms with Gasteiger partial charge in [0.05, 0.1) is 0 Å². The number of halogens is 3. The molecule has 0 aliphatic carbocycles. The topological polar surface area (TPSA) is 9.23 Å². The van der Waals surface area contributed by atoms with Crippen LogP contribution < -0.4 is 0 Å². The van der Waals surface area contributed by atoms with Gasteiger partial charge in [0, 0.05) is 6.61 Å². The molecule has 70 valence electrons. The van der Waals surface area contributed by atoms with Crippen molar-refractivity contribution in [1.82, 2.24) is 0 Å². The molecule has 0 aliphatic rings. The molecule has 0 radical (unpaired) electrons. The van der Waals surface area contributed by atoms with Crippen molar-refractivity contribution < 1.29 is 17.9 Å². The summed E-state index contributed by atoms with van der Waals surface area (Å²) < 4.78 is 41.0. The fourth-order valence-corrected chi connectivity index (χ4v) is 0.512. The summed E-state index contributed by atoms with van der Waals surface area (Å²) in [6.45, 7) is 2.58. The van der Waals surface area contributed by atoms with Gasteiger partial charge in [0.25, 0.3) is 0 Å². The van der Waals surface area contributed by atoms with Crippen LogP contribution in [0.1, 0.15) is 20.3 Å². The molecule has 0 saturated carbocycles. The van der Waals surface area contributed by atoms with Gasteiger partial charge in [0.1, 0.15) is 0 Å². The third-order valence-electron chi connectivity index (χ3n) is 1.41. The Labute approximate surface area is 69.9 Å². The molecule has 0 spiro atoms. The molecule has 0 aromatic carbocycles. The second-order valence-electron chi connectivity index (χ2n) is 2.52. The maximum atomic E-state index is 12.2. The van der Waals surface area contributed by atoms with Gasteiger partial charge in [-0.05, 0) is 13.3 Å². The van der Waals surface area contributed by atoms with Crippen molar-refractivity contribution in [3.63, 3.8) is 0 Å². The van der Waals surface area contributed by atoms with Gasteiger partial charge in [-0.25, -0.2) is 0 Å². The van der Waals surface area contributed by atoms with Gasteiger partial charge in [-0.1, -0.05) is 12.8 Å². The van der Waals surface area contributed by atoms with Gasteiger partial charge in [-0.2, -0.15) is 13.2 Å². The van der Waals surface area contributed by atoms with Crippen molar-refractivity contribution in [1.29, 1.82) is 0 Å². The Morgan fingerprint density at radius 1 is 1.42 bits per heavy atom. The summed E-state index contributed by atoms with van der Waals surface area (Å²) in [5.74, 6) is 1.61. The van der Waals surface area contributed by atoms with E-state index in [4.69, 9.17) is 6.42 Å². The van der Waals surface area contributed by atoms with E-state index in [9.17, 15) is 13.2 Å². The molecule has 0 heterocycles. The third kappa shape index (κ3) is 2.42. The lowest BCUT2D eigenvalue weighted by Crippen LogP contribution is -2.43. The fourth-order valence-electron chi connectivity index (χ4n) is 0.512. The van der Waals surface area contributed by atoms with Gasteiger partial charge < -0.3 is 4.74 Å². The van der Waals surface area contributed by atoms with E-state index in [1.807, 2.05) is 0 Å². The Morgan fingerprint density at radius 2 is 1.92 bits per heavy atom. The molecule has 0 amide bonds. The minimum Gasteiger partial charge on any atom is -0.354 e. The zero-order valence-corrected chi connectivity index (χ0v) is 7.03. The predicted molar refractivity (Wildman–Crippen MR) is 39.5 cm³/mol. The summed E-state index contributed by atoms with van der Waals surface area (Å²) in [7, 11) is 0. The first-order valence-corrected chi connectivity index (χ1v) is 3.56. The van der Waals surface area contributed by atoms with Crippen molar-refractivity contribution in [2.24, 2.45) is 0 Å². The molecule has 0 aliphatic heterocycles. The molecular weight excluding hydrogens is 169 g/mol. The van der Waals surface area contributed by atoms with Crippen LogP contribution in [0, 0.1) is 12.3 Å². The number of ether oxygens (including phenoxy) is 1. The third-order valence-corrected chi connectivity index (χ3v) is 1.41. The van der Waals surface area contributed by atoms with E-state index in [0.717, 1.165) is 6.92 Å². The van der Waals surface area contributed by atoms with Crippen LogP contribution in [-0.4, -0.2) is 18.4 Å². The molecule has 1 unspecified atom stereocenters. The van der Waals surface area contributed by atoms with E-state index in [1.165, 1.54) is 0 Å². The minimum absolute atomic E-state index is 0.0141. The summed E-state index contributed by atoms with van der Waals surface area (Å²) in [6, 6.07) is 0. The van der Waals surface area contributed by atoms with E-state index in [0.29, 0.717) is 6.42 Å². The van der Waals surface area contributed by atoms with E-state index in [2.05, 4.69) is 4.74 Å². The summed E-state index contributed by atoms with van der Waals surface area (Å²) in [4.78, 5) is 0. The standard InChI is InChI=1S/C8H11F3O/c1-4-6-12-7(3,5-2)8(9,10)11/h2H,4,6H2,1,3H3. The smallest absolute Gasteiger partial charge is 0.354 e. The Kier molecular flexibility index (Phi) is 3.59. The maximum absolute atomic E-state index is 12.2. The molecule has 0 N–H and O–H groups in total. The zero-order chi connectivity index (χ0) is 9.83. The van der Waals surface area contributed by atoms with Gasteiger partial charge in [-0.15, -0.1) is 6.42 Å². The van der Waals surface area contributed by atoms with Crippen LogP contribution in [0.25, 0.3) is 0 Å². The summed E-state index contributed by atoms with van der Waals surface area (Å²) in [5.41, 5.74) is -2.44. The van der Waals surface area contributed by atoms with Crippen molar-refractivity contribution in [3.05, 3.63) is 0 Å². The molecule has 1 nitrogen and oxygen atoms in total. The van der Waals surface area contributed by atoms with Crippen LogP contribution >= 0.6 is 0 Å². The first kappa shape index (κ1) is 11.3. The number of hydrogen-bond acceptors (Lipinski definition) is 1. The van der Waals surface area contributed by atoms with E-state index in [1.54, 1.807) is 12.8 Å². The van der Waals surface area contributed by atoms with Crippen molar-refractivity contribution in [2.45, 2.75) is 32.0 Å². The van der Waals surface area contributed by atoms with Gasteiger partial charge in [-0.3, -0.25) is 0 Å². The molecule has 0 saturated heterocycles. The van der Waals surface area contributed by atoms with Gasteiger partial charge in [0.2, 0.25) is 5.60 Å². The van der Waals surface area contributed by atoms with Crippen molar-refractivity contribution in [2.75, 3.05) is 6.61 Å². The predicted octanol–water partition coefficient (Wildman–Crippen LogP) is 2.37. The molecule has 12 heavy (non-hydrogen) atoms. The highest BCUT2D eigenvalue weighted by molar-refractivity contribution is 5.10. The highest BCUT2D eigenvalue weighted by Crippen LogP contribution is 2.32. The molecule has 0 rings (SSSR count).